The summed E-state index contributed by atoms with van der Waals surface area (Å²) in [6.45, 7) is 2.11. The molecule has 0 aromatic heterocycles. The second kappa shape index (κ2) is 8.72. The first-order chi connectivity index (χ1) is 16.3. The predicted molar refractivity (Wildman–Crippen MR) is 122 cm³/mol. The quantitative estimate of drug-likeness (QED) is 0.675. The summed E-state index contributed by atoms with van der Waals surface area (Å²) in [5.41, 5.74) is 2.17. The zero-order valence-corrected chi connectivity index (χ0v) is 19.0. The lowest BCUT2D eigenvalue weighted by Gasteiger charge is -2.36. The average Bonchev–Trinajstić information content (AvgIpc) is 3.15. The van der Waals surface area contributed by atoms with Gasteiger partial charge in [0, 0.05) is 50.3 Å². The molecule has 0 saturated carbocycles. The first-order valence-corrected chi connectivity index (χ1v) is 11.5. The smallest absolute Gasteiger partial charge is 0.255 e. The molecule has 8 nitrogen and oxygen atoms in total. The van der Waals surface area contributed by atoms with Gasteiger partial charge in [-0.2, -0.15) is 0 Å². The van der Waals surface area contributed by atoms with Crippen LogP contribution in [0.4, 0.5) is 10.1 Å². The van der Waals surface area contributed by atoms with Gasteiger partial charge in [0.05, 0.1) is 10.7 Å². The minimum Gasteiger partial charge on any atom is -0.367 e. The number of fused-ring (bicyclic) bond motifs is 1. The van der Waals surface area contributed by atoms with E-state index < -0.39 is 17.8 Å². The number of anilines is 1. The molecule has 2 aromatic rings. The highest BCUT2D eigenvalue weighted by atomic mass is 35.5. The molecule has 10 heteroatoms. The summed E-state index contributed by atoms with van der Waals surface area (Å²) in [6, 6.07) is 8.57. The van der Waals surface area contributed by atoms with Gasteiger partial charge in [-0.3, -0.25) is 24.5 Å². The molecular formula is C24H22ClFN4O4. The van der Waals surface area contributed by atoms with Crippen molar-refractivity contribution in [3.05, 3.63) is 63.9 Å². The van der Waals surface area contributed by atoms with Crippen LogP contribution in [0.5, 0.6) is 0 Å². The van der Waals surface area contributed by atoms with Crippen molar-refractivity contribution in [2.24, 2.45) is 0 Å². The van der Waals surface area contributed by atoms with E-state index in [9.17, 15) is 23.6 Å². The summed E-state index contributed by atoms with van der Waals surface area (Å²) in [6.07, 6.45) is 0.437. The van der Waals surface area contributed by atoms with Gasteiger partial charge in [-0.1, -0.05) is 17.7 Å². The zero-order valence-electron chi connectivity index (χ0n) is 18.2. The lowest BCUT2D eigenvalue weighted by molar-refractivity contribution is -0.136. The van der Waals surface area contributed by atoms with E-state index in [1.807, 2.05) is 4.90 Å². The van der Waals surface area contributed by atoms with E-state index in [-0.39, 0.29) is 37.1 Å². The van der Waals surface area contributed by atoms with Gasteiger partial charge in [-0.25, -0.2) is 4.39 Å². The molecule has 2 saturated heterocycles. The van der Waals surface area contributed by atoms with Gasteiger partial charge in [0.15, 0.2) is 0 Å². The fourth-order valence-electron chi connectivity index (χ4n) is 4.84. The number of amides is 4. The zero-order chi connectivity index (χ0) is 24.0. The third-order valence-electron chi connectivity index (χ3n) is 6.63. The summed E-state index contributed by atoms with van der Waals surface area (Å²) < 4.78 is 13.4. The van der Waals surface area contributed by atoms with Crippen LogP contribution in [0.15, 0.2) is 36.4 Å². The number of rotatable bonds is 3. The molecular weight excluding hydrogens is 463 g/mol. The van der Waals surface area contributed by atoms with E-state index in [1.165, 1.54) is 17.0 Å². The molecule has 3 heterocycles. The number of hydrogen-bond donors (Lipinski definition) is 1. The van der Waals surface area contributed by atoms with Crippen molar-refractivity contribution in [2.75, 3.05) is 31.1 Å². The van der Waals surface area contributed by atoms with Crippen LogP contribution in [-0.4, -0.2) is 65.6 Å². The molecule has 0 aliphatic carbocycles. The van der Waals surface area contributed by atoms with Crippen molar-refractivity contribution in [3.63, 3.8) is 0 Å². The molecule has 4 amide bonds. The Kier molecular flexibility index (Phi) is 5.73. The van der Waals surface area contributed by atoms with Crippen LogP contribution < -0.4 is 10.2 Å². The van der Waals surface area contributed by atoms with E-state index >= 15 is 0 Å². The normalized spacial score (nSPS) is 20.5. The molecule has 34 heavy (non-hydrogen) atoms. The lowest BCUT2D eigenvalue weighted by Crippen LogP contribution is -2.52. The summed E-state index contributed by atoms with van der Waals surface area (Å²) >= 11 is 6.19. The molecule has 2 aromatic carbocycles. The molecule has 5 rings (SSSR count). The van der Waals surface area contributed by atoms with Crippen molar-refractivity contribution in [2.45, 2.75) is 25.4 Å². The highest BCUT2D eigenvalue weighted by molar-refractivity contribution is 6.33. The van der Waals surface area contributed by atoms with Crippen molar-refractivity contribution in [1.29, 1.82) is 0 Å². The van der Waals surface area contributed by atoms with E-state index in [4.69, 9.17) is 11.6 Å². The third-order valence-corrected chi connectivity index (χ3v) is 6.93. The Labute approximate surface area is 200 Å². The Bertz CT molecular complexity index is 1210. The fraction of sp³-hybridized carbons (Fsp3) is 0.333. The van der Waals surface area contributed by atoms with Gasteiger partial charge in [-0.05, 0) is 42.3 Å². The van der Waals surface area contributed by atoms with Crippen LogP contribution in [0.1, 0.15) is 39.1 Å². The van der Waals surface area contributed by atoms with E-state index in [0.29, 0.717) is 47.9 Å². The average molecular weight is 485 g/mol. The number of nitrogens with one attached hydrogen (secondary N) is 1. The van der Waals surface area contributed by atoms with Crippen LogP contribution in [0.2, 0.25) is 5.02 Å². The van der Waals surface area contributed by atoms with Gasteiger partial charge < -0.3 is 14.7 Å². The van der Waals surface area contributed by atoms with Crippen LogP contribution in [0, 0.1) is 5.82 Å². The van der Waals surface area contributed by atoms with Gasteiger partial charge in [-0.15, -0.1) is 0 Å². The Morgan fingerprint density at radius 1 is 1.06 bits per heavy atom. The van der Waals surface area contributed by atoms with Crippen molar-refractivity contribution in [1.82, 2.24) is 15.1 Å². The summed E-state index contributed by atoms with van der Waals surface area (Å²) in [4.78, 5) is 55.4. The van der Waals surface area contributed by atoms with Crippen LogP contribution in [0.3, 0.4) is 0 Å². The predicted octanol–water partition coefficient (Wildman–Crippen LogP) is 2.20. The second-order valence-corrected chi connectivity index (χ2v) is 9.01. The summed E-state index contributed by atoms with van der Waals surface area (Å²) in [5.74, 6) is -1.72. The van der Waals surface area contributed by atoms with Crippen molar-refractivity contribution in [3.8, 4) is 0 Å². The minimum atomic E-state index is -0.732. The largest absolute Gasteiger partial charge is 0.367 e. The highest BCUT2D eigenvalue weighted by Crippen LogP contribution is 2.31. The number of hydrogen-bond acceptors (Lipinski definition) is 5. The molecule has 1 N–H and O–H groups in total. The molecule has 0 radical (unpaired) electrons. The summed E-state index contributed by atoms with van der Waals surface area (Å²) in [7, 11) is 0. The number of carbonyl (C=O) groups excluding carboxylic acids is 4. The standard InChI is InChI=1S/C24H22ClFN4O4/c25-18-12-14(26)4-5-19(18)28-8-10-29(11-9-28)23(33)15-2-1-3-16-17(15)13-30(24(16)34)20-6-7-21(31)27-22(20)32/h1-5,12,20H,6-11,13H2,(H,27,31,32). The number of nitrogens with zero attached hydrogens (tertiary/aromatic N) is 3. The maximum Gasteiger partial charge on any atom is 0.255 e. The van der Waals surface area contributed by atoms with Crippen LogP contribution >= 0.6 is 11.6 Å². The molecule has 0 spiro atoms. The third kappa shape index (κ3) is 3.90. The molecule has 176 valence electrons. The van der Waals surface area contributed by atoms with Crippen molar-refractivity contribution < 1.29 is 23.6 Å². The monoisotopic (exact) mass is 484 g/mol. The van der Waals surface area contributed by atoms with E-state index in [0.717, 1.165) is 5.69 Å². The Morgan fingerprint density at radius 3 is 2.53 bits per heavy atom. The first kappa shape index (κ1) is 22.3. The number of imide groups is 1. The molecule has 3 aliphatic heterocycles. The minimum absolute atomic E-state index is 0.146. The van der Waals surface area contributed by atoms with Crippen molar-refractivity contribution >= 4 is 40.9 Å². The number of carbonyl (C=O) groups is 4. The van der Waals surface area contributed by atoms with Crippen LogP contribution in [0.25, 0.3) is 0 Å². The van der Waals surface area contributed by atoms with E-state index in [2.05, 4.69) is 5.32 Å². The van der Waals surface area contributed by atoms with Gasteiger partial charge in [0.25, 0.3) is 11.8 Å². The Hall–Kier alpha value is -3.46. The van der Waals surface area contributed by atoms with Gasteiger partial charge >= 0.3 is 0 Å². The maximum atomic E-state index is 13.4. The number of piperidine rings is 1. The molecule has 0 bridgehead atoms. The second-order valence-electron chi connectivity index (χ2n) is 8.61. The number of benzene rings is 2. The van der Waals surface area contributed by atoms with Gasteiger partial charge in [0.1, 0.15) is 11.9 Å². The number of halogens is 2. The van der Waals surface area contributed by atoms with Gasteiger partial charge in [0.2, 0.25) is 11.8 Å². The molecule has 1 atom stereocenters. The molecule has 1 unspecified atom stereocenters. The topological polar surface area (TPSA) is 90.0 Å². The molecule has 2 fully saturated rings. The fourth-order valence-corrected chi connectivity index (χ4v) is 5.13. The SMILES string of the molecule is O=C1CCC(N2Cc3c(C(=O)N4CCN(c5ccc(F)cc5Cl)CC4)cccc3C2=O)C(=O)N1. The molecule has 3 aliphatic rings. The Balaban J connectivity index is 1.31. The summed E-state index contributed by atoms with van der Waals surface area (Å²) in [5, 5.41) is 2.61. The number of piperazine rings is 1. The highest BCUT2D eigenvalue weighted by Gasteiger charge is 2.40. The lowest BCUT2D eigenvalue weighted by atomic mass is 10.0. The van der Waals surface area contributed by atoms with E-state index in [1.54, 1.807) is 29.2 Å². The maximum absolute atomic E-state index is 13.4. The Morgan fingerprint density at radius 2 is 1.82 bits per heavy atom. The van der Waals surface area contributed by atoms with Crippen LogP contribution in [-0.2, 0) is 16.1 Å². The first-order valence-electron chi connectivity index (χ1n) is 11.1.